The van der Waals surface area contributed by atoms with E-state index in [9.17, 15) is 19.8 Å². The van der Waals surface area contributed by atoms with E-state index in [1.807, 2.05) is 6.08 Å². The summed E-state index contributed by atoms with van der Waals surface area (Å²) in [5.74, 6) is -0.125. The highest BCUT2D eigenvalue weighted by molar-refractivity contribution is 5.76. The molecule has 0 aliphatic heterocycles. The minimum Gasteiger partial charge on any atom is -0.465 e. The van der Waals surface area contributed by atoms with Gasteiger partial charge in [-0.2, -0.15) is 0 Å². The number of ether oxygens (including phenoxy) is 1. The molecular formula is C60H109NO5. The summed E-state index contributed by atoms with van der Waals surface area (Å²) in [6.45, 7) is 4.75. The van der Waals surface area contributed by atoms with Gasteiger partial charge >= 0.3 is 5.97 Å². The zero-order valence-electron chi connectivity index (χ0n) is 43.7. The van der Waals surface area contributed by atoms with Gasteiger partial charge in [0.2, 0.25) is 5.91 Å². The molecular weight excluding hydrogens is 815 g/mol. The summed E-state index contributed by atoms with van der Waals surface area (Å²) >= 11 is 0. The third kappa shape index (κ3) is 51.0. The molecule has 0 aliphatic carbocycles. The van der Waals surface area contributed by atoms with Crippen molar-refractivity contribution in [3.05, 3.63) is 60.8 Å². The van der Waals surface area contributed by atoms with Crippen LogP contribution in [-0.4, -0.2) is 47.4 Å². The first-order valence-electron chi connectivity index (χ1n) is 28.6. The van der Waals surface area contributed by atoms with Gasteiger partial charge in [0.15, 0.2) is 0 Å². The van der Waals surface area contributed by atoms with Crippen LogP contribution in [0.25, 0.3) is 0 Å². The lowest BCUT2D eigenvalue weighted by molar-refractivity contribution is -0.143. The third-order valence-corrected chi connectivity index (χ3v) is 12.8. The fourth-order valence-corrected chi connectivity index (χ4v) is 8.38. The molecule has 6 nitrogen and oxygen atoms in total. The molecule has 0 saturated heterocycles. The predicted molar refractivity (Wildman–Crippen MR) is 287 cm³/mol. The van der Waals surface area contributed by atoms with E-state index in [4.69, 9.17) is 4.74 Å². The Labute approximate surface area is 409 Å². The van der Waals surface area contributed by atoms with Crippen molar-refractivity contribution in [3.8, 4) is 0 Å². The molecule has 0 aromatic rings. The maximum absolute atomic E-state index is 12.4. The van der Waals surface area contributed by atoms with Crippen LogP contribution < -0.4 is 5.32 Å². The van der Waals surface area contributed by atoms with Crippen LogP contribution in [0.4, 0.5) is 0 Å². The molecule has 0 aromatic carbocycles. The van der Waals surface area contributed by atoms with Crippen molar-refractivity contribution in [1.82, 2.24) is 5.32 Å². The molecule has 2 atom stereocenters. The minimum atomic E-state index is -0.848. The number of hydrogen-bond acceptors (Lipinski definition) is 5. The topological polar surface area (TPSA) is 95.9 Å². The number of esters is 1. The molecule has 0 fully saturated rings. The maximum atomic E-state index is 12.4. The summed E-state index contributed by atoms with van der Waals surface area (Å²) < 4.78 is 5.40. The van der Waals surface area contributed by atoms with Gasteiger partial charge in [0.1, 0.15) is 0 Å². The number of carbonyl (C=O) groups excluding carboxylic acids is 2. The van der Waals surface area contributed by atoms with E-state index in [-0.39, 0.29) is 18.5 Å². The van der Waals surface area contributed by atoms with E-state index in [1.54, 1.807) is 6.08 Å². The molecule has 66 heavy (non-hydrogen) atoms. The van der Waals surface area contributed by atoms with E-state index < -0.39 is 12.1 Å². The first-order valence-corrected chi connectivity index (χ1v) is 28.6. The highest BCUT2D eigenvalue weighted by atomic mass is 16.5. The average Bonchev–Trinajstić information content (AvgIpc) is 3.32. The zero-order valence-corrected chi connectivity index (χ0v) is 43.7. The predicted octanol–water partition coefficient (Wildman–Crippen LogP) is 17.6. The minimum absolute atomic E-state index is 0.0508. The Kier molecular flexibility index (Phi) is 53.1. The number of unbranched alkanes of at least 4 members (excludes halogenated alkanes) is 33. The molecule has 2 unspecified atom stereocenters. The molecule has 0 radical (unpaired) electrons. The smallest absolute Gasteiger partial charge is 0.305 e. The van der Waals surface area contributed by atoms with Gasteiger partial charge in [-0.3, -0.25) is 9.59 Å². The monoisotopic (exact) mass is 924 g/mol. The maximum Gasteiger partial charge on any atom is 0.305 e. The molecule has 3 N–H and O–H groups in total. The Morgan fingerprint density at radius 1 is 0.424 bits per heavy atom. The molecule has 0 spiro atoms. The fourth-order valence-electron chi connectivity index (χ4n) is 8.38. The van der Waals surface area contributed by atoms with E-state index >= 15 is 0 Å². The van der Waals surface area contributed by atoms with Crippen molar-refractivity contribution in [1.29, 1.82) is 0 Å². The standard InChI is InChI=1S/C60H109NO5/c1-3-5-7-9-11-13-15-17-25-30-34-38-42-46-50-54-60(65)66-55-51-47-43-39-35-31-27-24-22-20-18-19-21-23-26-29-33-37-41-45-49-53-59(64)61-57(56-62)58(63)52-48-44-40-36-32-28-16-14-12-10-8-6-4-2/h11,13,17,25,31,35,43,47-48,52,57-58,62-63H,3-10,12,14-16,18-24,26-30,32-34,36-42,44-46,49-51,53-56H2,1-2H3,(H,61,64)/b13-11-,25-17-,35-31-,47-43-,52-48+. The van der Waals surface area contributed by atoms with Crippen LogP contribution in [0.2, 0.25) is 0 Å². The molecule has 0 rings (SSSR count). The molecule has 384 valence electrons. The number of aliphatic hydroxyl groups is 2. The zero-order chi connectivity index (χ0) is 47.9. The molecule has 1 amide bonds. The van der Waals surface area contributed by atoms with Crippen LogP contribution in [0.3, 0.4) is 0 Å². The van der Waals surface area contributed by atoms with Crippen LogP contribution >= 0.6 is 0 Å². The Morgan fingerprint density at radius 3 is 1.18 bits per heavy atom. The second kappa shape index (κ2) is 55.2. The summed E-state index contributed by atoms with van der Waals surface area (Å²) in [5, 5.41) is 23.1. The molecule has 0 bridgehead atoms. The first-order chi connectivity index (χ1) is 32.5. The quantitative estimate of drug-likeness (QED) is 0.0321. The van der Waals surface area contributed by atoms with E-state index in [2.05, 4.69) is 67.8 Å². The highest BCUT2D eigenvalue weighted by Crippen LogP contribution is 2.16. The van der Waals surface area contributed by atoms with Crippen molar-refractivity contribution in [2.24, 2.45) is 0 Å². The van der Waals surface area contributed by atoms with Crippen LogP contribution in [0.5, 0.6) is 0 Å². The summed E-state index contributed by atoms with van der Waals surface area (Å²) in [6, 6.07) is -0.632. The molecule has 0 heterocycles. The Balaban J connectivity index is 3.49. The van der Waals surface area contributed by atoms with E-state index in [0.717, 1.165) is 64.2 Å². The van der Waals surface area contributed by atoms with Gasteiger partial charge in [-0.15, -0.1) is 0 Å². The van der Waals surface area contributed by atoms with Gasteiger partial charge in [0, 0.05) is 12.8 Å². The number of allylic oxidation sites excluding steroid dienone is 8. The van der Waals surface area contributed by atoms with Crippen molar-refractivity contribution in [2.45, 2.75) is 296 Å². The number of aliphatic hydroxyl groups excluding tert-OH is 2. The molecule has 0 aromatic heterocycles. The highest BCUT2D eigenvalue weighted by Gasteiger charge is 2.18. The van der Waals surface area contributed by atoms with Crippen LogP contribution in [0.15, 0.2) is 60.8 Å². The summed E-state index contributed by atoms with van der Waals surface area (Å²) in [4.78, 5) is 24.4. The van der Waals surface area contributed by atoms with Crippen LogP contribution in [0, 0.1) is 0 Å². The SMILES string of the molecule is CCCCC/C=C\C/C=C\CCCCCCCC(=O)OCC/C=C\C/C=C\CCCCCCCCCCCCCCCCC(=O)NC(CO)C(O)/C=C/CCCCCCCCCCCCC. The second-order valence-electron chi connectivity index (χ2n) is 19.3. The van der Waals surface area contributed by atoms with E-state index in [1.165, 1.54) is 193 Å². The number of rotatable bonds is 52. The summed E-state index contributed by atoms with van der Waals surface area (Å²) in [5.41, 5.74) is 0. The van der Waals surface area contributed by atoms with Crippen molar-refractivity contribution in [2.75, 3.05) is 13.2 Å². The lowest BCUT2D eigenvalue weighted by Gasteiger charge is -2.20. The number of nitrogens with one attached hydrogen (secondary N) is 1. The van der Waals surface area contributed by atoms with Gasteiger partial charge in [-0.05, 0) is 83.5 Å². The lowest BCUT2D eigenvalue weighted by atomic mass is 10.0. The summed E-state index contributed by atoms with van der Waals surface area (Å²) in [7, 11) is 0. The van der Waals surface area contributed by atoms with E-state index in [0.29, 0.717) is 19.4 Å². The van der Waals surface area contributed by atoms with Crippen LogP contribution in [-0.2, 0) is 14.3 Å². The lowest BCUT2D eigenvalue weighted by Crippen LogP contribution is -2.45. The van der Waals surface area contributed by atoms with Gasteiger partial charge in [0.05, 0.1) is 25.4 Å². The molecule has 6 heteroatoms. The van der Waals surface area contributed by atoms with Gasteiger partial charge in [-0.25, -0.2) is 0 Å². The Morgan fingerprint density at radius 2 is 0.758 bits per heavy atom. The van der Waals surface area contributed by atoms with Gasteiger partial charge in [-0.1, -0.05) is 248 Å². The van der Waals surface area contributed by atoms with Crippen molar-refractivity contribution < 1.29 is 24.5 Å². The normalized spacial score (nSPS) is 13.1. The van der Waals surface area contributed by atoms with Crippen molar-refractivity contribution >= 4 is 11.9 Å². The average molecular weight is 925 g/mol. The molecule has 0 saturated carbocycles. The van der Waals surface area contributed by atoms with Gasteiger partial charge < -0.3 is 20.3 Å². The third-order valence-electron chi connectivity index (χ3n) is 12.8. The number of amides is 1. The first kappa shape index (κ1) is 63.6. The largest absolute Gasteiger partial charge is 0.465 e. The summed E-state index contributed by atoms with van der Waals surface area (Å²) in [6.07, 6.45) is 71.1. The number of carbonyl (C=O) groups is 2. The fraction of sp³-hybridized carbons (Fsp3) is 0.800. The second-order valence-corrected chi connectivity index (χ2v) is 19.3. The number of hydrogen-bond donors (Lipinski definition) is 3. The van der Waals surface area contributed by atoms with Crippen LogP contribution in [0.1, 0.15) is 284 Å². The van der Waals surface area contributed by atoms with Gasteiger partial charge in [0.25, 0.3) is 0 Å². The Hall–Kier alpha value is -2.44. The molecule has 0 aliphatic rings. The Bertz CT molecular complexity index is 1160. The van der Waals surface area contributed by atoms with Crippen molar-refractivity contribution in [3.63, 3.8) is 0 Å².